The Morgan fingerprint density at radius 1 is 1.33 bits per heavy atom. The van der Waals surface area contributed by atoms with E-state index >= 15 is 0 Å². The average molecular weight is 292 g/mol. The molecule has 0 aliphatic rings. The van der Waals surface area contributed by atoms with E-state index in [2.05, 4.69) is 15.9 Å². The van der Waals surface area contributed by atoms with E-state index in [1.165, 1.54) is 0 Å². The Balaban J connectivity index is 2.64. The first-order chi connectivity index (χ1) is 7.15. The number of halogens is 2. The fourth-order valence-corrected chi connectivity index (χ4v) is 2.10. The lowest BCUT2D eigenvalue weighted by Gasteiger charge is -2.13. The maximum Gasteiger partial charge on any atom is 0.0454 e. The molecule has 4 heteroatoms. The monoisotopic (exact) mass is 290 g/mol. The molecule has 1 rings (SSSR count). The summed E-state index contributed by atoms with van der Waals surface area (Å²) in [6.45, 7) is 0.721. The van der Waals surface area contributed by atoms with Crippen molar-refractivity contribution in [3.05, 3.63) is 33.3 Å². The van der Waals surface area contributed by atoms with E-state index in [0.29, 0.717) is 0 Å². The van der Waals surface area contributed by atoms with Gasteiger partial charge in [-0.15, -0.1) is 0 Å². The normalized spacial score (nSPS) is 12.8. The van der Waals surface area contributed by atoms with E-state index in [4.69, 9.17) is 23.1 Å². The number of hydrogen-bond acceptors (Lipinski definition) is 2. The molecule has 0 spiro atoms. The highest BCUT2D eigenvalue weighted by Gasteiger charge is 2.10. The van der Waals surface area contributed by atoms with Crippen molar-refractivity contribution in [2.75, 3.05) is 6.54 Å². The summed E-state index contributed by atoms with van der Waals surface area (Å²) >= 11 is 9.49. The molecule has 15 heavy (non-hydrogen) atoms. The van der Waals surface area contributed by atoms with Gasteiger partial charge in [0.1, 0.15) is 0 Å². The van der Waals surface area contributed by atoms with Crippen LogP contribution in [-0.4, -0.2) is 6.54 Å². The van der Waals surface area contributed by atoms with E-state index in [1.54, 1.807) is 0 Å². The molecule has 0 radical (unpaired) electrons. The van der Waals surface area contributed by atoms with E-state index in [1.807, 2.05) is 18.2 Å². The molecule has 0 aliphatic carbocycles. The lowest BCUT2D eigenvalue weighted by molar-refractivity contribution is 0.591. The smallest absolute Gasteiger partial charge is 0.0454 e. The Morgan fingerprint density at radius 2 is 2.07 bits per heavy atom. The molecule has 0 saturated heterocycles. The Kier molecular flexibility index (Phi) is 5.61. The maximum absolute atomic E-state index is 6.08. The summed E-state index contributed by atoms with van der Waals surface area (Å²) in [6.07, 6.45) is 2.98. The molecule has 0 heterocycles. The van der Waals surface area contributed by atoms with Crippen molar-refractivity contribution in [2.24, 2.45) is 11.5 Å². The topological polar surface area (TPSA) is 52.0 Å². The van der Waals surface area contributed by atoms with Gasteiger partial charge in [0.2, 0.25) is 0 Å². The van der Waals surface area contributed by atoms with Crippen LogP contribution in [0.2, 0.25) is 5.02 Å². The molecule has 0 unspecified atom stereocenters. The van der Waals surface area contributed by atoms with Gasteiger partial charge in [-0.2, -0.15) is 0 Å². The molecule has 84 valence electrons. The molecule has 0 amide bonds. The molecule has 0 aromatic heterocycles. The van der Waals surface area contributed by atoms with Crippen LogP contribution in [0.5, 0.6) is 0 Å². The number of hydrogen-bond donors (Lipinski definition) is 2. The van der Waals surface area contributed by atoms with Crippen molar-refractivity contribution in [1.82, 2.24) is 0 Å². The molecule has 0 bridgehead atoms. The minimum absolute atomic E-state index is 0.00144. The van der Waals surface area contributed by atoms with Gasteiger partial charge in [-0.3, -0.25) is 0 Å². The maximum atomic E-state index is 6.08. The zero-order chi connectivity index (χ0) is 11.3. The van der Waals surface area contributed by atoms with Crippen LogP contribution >= 0.6 is 27.5 Å². The molecule has 1 atom stereocenters. The molecule has 0 aliphatic heterocycles. The summed E-state index contributed by atoms with van der Waals surface area (Å²) in [5.74, 6) is 0. The van der Waals surface area contributed by atoms with E-state index in [0.717, 1.165) is 40.9 Å². The van der Waals surface area contributed by atoms with E-state index < -0.39 is 0 Å². The third-order valence-corrected chi connectivity index (χ3v) is 3.16. The number of unbranched alkanes of at least 4 members (excludes halogenated alkanes) is 1. The van der Waals surface area contributed by atoms with Gasteiger partial charge in [-0.25, -0.2) is 0 Å². The third-order valence-electron chi connectivity index (χ3n) is 2.33. The zero-order valence-corrected chi connectivity index (χ0v) is 10.9. The van der Waals surface area contributed by atoms with Gasteiger partial charge in [-0.05, 0) is 43.1 Å². The predicted octanol–water partition coefficient (Wildman–Crippen LogP) is 3.23. The van der Waals surface area contributed by atoms with Crippen LogP contribution in [0.4, 0.5) is 0 Å². The van der Waals surface area contributed by atoms with Crippen LogP contribution in [0.15, 0.2) is 22.7 Å². The Labute approximate surface area is 104 Å². The highest BCUT2D eigenvalue weighted by atomic mass is 79.9. The van der Waals surface area contributed by atoms with Gasteiger partial charge < -0.3 is 11.5 Å². The van der Waals surface area contributed by atoms with Crippen molar-refractivity contribution in [1.29, 1.82) is 0 Å². The Bertz CT molecular complexity index is 317. The van der Waals surface area contributed by atoms with Crippen LogP contribution in [0, 0.1) is 0 Å². The first-order valence-electron chi connectivity index (χ1n) is 5.05. The van der Waals surface area contributed by atoms with Crippen molar-refractivity contribution >= 4 is 27.5 Å². The molecule has 1 aromatic rings. The second-order valence-corrected chi connectivity index (χ2v) is 4.88. The fourth-order valence-electron chi connectivity index (χ4n) is 1.46. The standard InChI is InChI=1S/C11H16BrClN2/c12-8-4-5-10(13)9(7-8)11(15)3-1-2-6-14/h4-5,7,11H,1-3,6,14-15H2/t11-/m0/s1. The number of benzene rings is 1. The lowest BCUT2D eigenvalue weighted by Crippen LogP contribution is -2.11. The minimum Gasteiger partial charge on any atom is -0.330 e. The summed E-state index contributed by atoms with van der Waals surface area (Å²) in [6, 6.07) is 5.76. The van der Waals surface area contributed by atoms with E-state index in [9.17, 15) is 0 Å². The largest absolute Gasteiger partial charge is 0.330 e. The molecule has 0 saturated carbocycles. The number of nitrogens with two attached hydrogens (primary N) is 2. The van der Waals surface area contributed by atoms with Gasteiger partial charge in [0.25, 0.3) is 0 Å². The van der Waals surface area contributed by atoms with Gasteiger partial charge in [-0.1, -0.05) is 34.0 Å². The van der Waals surface area contributed by atoms with Crippen LogP contribution in [0.3, 0.4) is 0 Å². The molecule has 2 nitrogen and oxygen atoms in total. The zero-order valence-electron chi connectivity index (χ0n) is 8.55. The van der Waals surface area contributed by atoms with Crippen LogP contribution in [0.1, 0.15) is 30.9 Å². The summed E-state index contributed by atoms with van der Waals surface area (Å²) in [5, 5.41) is 0.735. The summed E-state index contributed by atoms with van der Waals surface area (Å²) < 4.78 is 1.01. The Morgan fingerprint density at radius 3 is 2.73 bits per heavy atom. The third kappa shape index (κ3) is 4.11. The molecular formula is C11H16BrClN2. The van der Waals surface area contributed by atoms with Crippen LogP contribution in [0.25, 0.3) is 0 Å². The first-order valence-corrected chi connectivity index (χ1v) is 6.23. The van der Waals surface area contributed by atoms with Crippen LogP contribution in [-0.2, 0) is 0 Å². The number of rotatable bonds is 5. The van der Waals surface area contributed by atoms with Crippen molar-refractivity contribution in [2.45, 2.75) is 25.3 Å². The summed E-state index contributed by atoms with van der Waals surface area (Å²) in [4.78, 5) is 0. The van der Waals surface area contributed by atoms with Crippen LogP contribution < -0.4 is 11.5 Å². The second kappa shape index (κ2) is 6.48. The van der Waals surface area contributed by atoms with Gasteiger partial charge >= 0.3 is 0 Å². The summed E-state index contributed by atoms with van der Waals surface area (Å²) in [5.41, 5.74) is 12.5. The first kappa shape index (κ1) is 13.0. The molecule has 0 fully saturated rings. The minimum atomic E-state index is 0.00144. The summed E-state index contributed by atoms with van der Waals surface area (Å²) in [7, 11) is 0. The van der Waals surface area contributed by atoms with Gasteiger partial charge in [0, 0.05) is 15.5 Å². The van der Waals surface area contributed by atoms with Crippen molar-refractivity contribution < 1.29 is 0 Å². The SMILES string of the molecule is NCCCC[C@H](N)c1cc(Br)ccc1Cl. The molecule has 4 N–H and O–H groups in total. The van der Waals surface area contributed by atoms with Gasteiger partial charge in [0.05, 0.1) is 0 Å². The van der Waals surface area contributed by atoms with Crippen molar-refractivity contribution in [3.63, 3.8) is 0 Å². The van der Waals surface area contributed by atoms with E-state index in [-0.39, 0.29) is 6.04 Å². The lowest BCUT2D eigenvalue weighted by atomic mass is 10.0. The highest BCUT2D eigenvalue weighted by molar-refractivity contribution is 9.10. The van der Waals surface area contributed by atoms with Crippen molar-refractivity contribution in [3.8, 4) is 0 Å². The fraction of sp³-hybridized carbons (Fsp3) is 0.455. The quantitative estimate of drug-likeness (QED) is 0.818. The van der Waals surface area contributed by atoms with Gasteiger partial charge in [0.15, 0.2) is 0 Å². The molecule has 1 aromatic carbocycles. The predicted molar refractivity (Wildman–Crippen MR) is 69.0 cm³/mol. The average Bonchev–Trinajstić information content (AvgIpc) is 2.22. The highest BCUT2D eigenvalue weighted by Crippen LogP contribution is 2.27. The molecular weight excluding hydrogens is 275 g/mol. The second-order valence-electron chi connectivity index (χ2n) is 3.56. The Hall–Kier alpha value is -0.0900.